The average molecular weight is 480 g/mol. The van der Waals surface area contributed by atoms with Gasteiger partial charge < -0.3 is 14.8 Å². The van der Waals surface area contributed by atoms with Crippen LogP contribution < -0.4 is 20.2 Å². The van der Waals surface area contributed by atoms with Gasteiger partial charge in [-0.05, 0) is 55.0 Å². The third kappa shape index (κ3) is 6.91. The number of ether oxygens (including phenoxy) is 2. The Labute approximate surface area is 201 Å². The van der Waals surface area contributed by atoms with Crippen molar-refractivity contribution in [1.29, 1.82) is 0 Å². The van der Waals surface area contributed by atoms with E-state index in [9.17, 15) is 14.4 Å². The SMILES string of the molecule is CCOc1cc(/C=N\NC(=O)CNC(=O)c2ccccc2Cl)ccc1OC(=O)c1ccccc1. The fourth-order valence-corrected chi connectivity index (χ4v) is 3.03. The van der Waals surface area contributed by atoms with Gasteiger partial charge in [0.05, 0.1) is 35.5 Å². The number of nitrogens with one attached hydrogen (secondary N) is 2. The van der Waals surface area contributed by atoms with Gasteiger partial charge in [-0.2, -0.15) is 5.10 Å². The molecule has 0 spiro atoms. The summed E-state index contributed by atoms with van der Waals surface area (Å²) in [5.74, 6) is -0.871. The zero-order valence-electron chi connectivity index (χ0n) is 18.3. The van der Waals surface area contributed by atoms with Crippen molar-refractivity contribution < 1.29 is 23.9 Å². The Hall–Kier alpha value is -4.17. The molecule has 174 valence electrons. The van der Waals surface area contributed by atoms with Gasteiger partial charge in [0.25, 0.3) is 11.8 Å². The average Bonchev–Trinajstić information content (AvgIpc) is 2.85. The van der Waals surface area contributed by atoms with Crippen molar-refractivity contribution in [2.24, 2.45) is 5.10 Å². The fraction of sp³-hybridized carbons (Fsp3) is 0.120. The molecule has 0 aliphatic carbocycles. The summed E-state index contributed by atoms with van der Waals surface area (Å²) >= 11 is 5.97. The molecule has 3 aromatic rings. The zero-order chi connectivity index (χ0) is 24.3. The van der Waals surface area contributed by atoms with Gasteiger partial charge in [-0.15, -0.1) is 0 Å². The molecule has 34 heavy (non-hydrogen) atoms. The number of carbonyl (C=O) groups excluding carboxylic acids is 3. The second-order valence-electron chi connectivity index (χ2n) is 6.85. The summed E-state index contributed by atoms with van der Waals surface area (Å²) in [6.07, 6.45) is 1.40. The van der Waals surface area contributed by atoms with Crippen LogP contribution in [0, 0.1) is 0 Å². The molecule has 0 bridgehead atoms. The van der Waals surface area contributed by atoms with Crippen LogP contribution in [0.25, 0.3) is 0 Å². The second-order valence-corrected chi connectivity index (χ2v) is 7.26. The molecule has 3 aromatic carbocycles. The Morgan fingerprint density at radius 1 is 0.971 bits per heavy atom. The van der Waals surface area contributed by atoms with Crippen LogP contribution in [0.3, 0.4) is 0 Å². The normalized spacial score (nSPS) is 10.5. The Kier molecular flexibility index (Phi) is 8.76. The van der Waals surface area contributed by atoms with Crippen LogP contribution in [-0.4, -0.2) is 37.1 Å². The van der Waals surface area contributed by atoms with E-state index in [2.05, 4.69) is 15.8 Å². The molecule has 0 aliphatic heterocycles. The minimum absolute atomic E-state index is 0.263. The van der Waals surface area contributed by atoms with E-state index in [-0.39, 0.29) is 17.9 Å². The summed E-state index contributed by atoms with van der Waals surface area (Å²) < 4.78 is 11.0. The molecule has 3 rings (SSSR count). The minimum atomic E-state index is -0.518. The summed E-state index contributed by atoms with van der Waals surface area (Å²) in [5.41, 5.74) is 3.62. The predicted molar refractivity (Wildman–Crippen MR) is 129 cm³/mol. The van der Waals surface area contributed by atoms with Crippen LogP contribution >= 0.6 is 11.6 Å². The highest BCUT2D eigenvalue weighted by atomic mass is 35.5. The Morgan fingerprint density at radius 3 is 2.44 bits per heavy atom. The summed E-state index contributed by atoms with van der Waals surface area (Å²) in [5, 5.41) is 6.65. The molecule has 2 amide bonds. The second kappa shape index (κ2) is 12.2. The topological polar surface area (TPSA) is 106 Å². The molecule has 0 heterocycles. The summed E-state index contributed by atoms with van der Waals surface area (Å²) in [4.78, 5) is 36.4. The van der Waals surface area contributed by atoms with Crippen LogP contribution in [0.15, 0.2) is 77.9 Å². The maximum atomic E-state index is 12.3. The molecule has 0 saturated heterocycles. The lowest BCUT2D eigenvalue weighted by atomic mass is 10.2. The molecule has 8 nitrogen and oxygen atoms in total. The molecule has 0 unspecified atom stereocenters. The molecule has 0 aromatic heterocycles. The third-order valence-electron chi connectivity index (χ3n) is 4.41. The van der Waals surface area contributed by atoms with E-state index in [1.165, 1.54) is 6.21 Å². The number of benzene rings is 3. The van der Waals surface area contributed by atoms with Gasteiger partial charge in [0.15, 0.2) is 11.5 Å². The van der Waals surface area contributed by atoms with Crippen molar-refractivity contribution >= 4 is 35.6 Å². The first-order chi connectivity index (χ1) is 16.5. The molecular weight excluding hydrogens is 458 g/mol. The van der Waals surface area contributed by atoms with Crippen molar-refractivity contribution in [3.63, 3.8) is 0 Å². The molecule has 9 heteroatoms. The van der Waals surface area contributed by atoms with Gasteiger partial charge in [0.2, 0.25) is 0 Å². The number of amides is 2. The van der Waals surface area contributed by atoms with Gasteiger partial charge in [0.1, 0.15) is 0 Å². The fourth-order valence-electron chi connectivity index (χ4n) is 2.81. The first-order valence-electron chi connectivity index (χ1n) is 10.4. The van der Waals surface area contributed by atoms with E-state index in [4.69, 9.17) is 21.1 Å². The van der Waals surface area contributed by atoms with E-state index in [1.807, 2.05) is 6.07 Å². The van der Waals surface area contributed by atoms with Gasteiger partial charge in [-0.1, -0.05) is 41.9 Å². The van der Waals surface area contributed by atoms with E-state index in [0.717, 1.165) is 0 Å². The number of carbonyl (C=O) groups is 3. The number of hydrogen-bond acceptors (Lipinski definition) is 6. The van der Waals surface area contributed by atoms with Crippen LogP contribution in [-0.2, 0) is 4.79 Å². The Bertz CT molecular complexity index is 1200. The largest absolute Gasteiger partial charge is 0.490 e. The molecular formula is C25H22ClN3O5. The first kappa shape index (κ1) is 24.5. The number of nitrogens with zero attached hydrogens (tertiary/aromatic N) is 1. The molecule has 0 saturated carbocycles. The number of halogens is 1. The Morgan fingerprint density at radius 2 is 1.71 bits per heavy atom. The molecule has 0 atom stereocenters. The highest BCUT2D eigenvalue weighted by Gasteiger charge is 2.13. The first-order valence-corrected chi connectivity index (χ1v) is 10.7. The van der Waals surface area contributed by atoms with Crippen LogP contribution in [0.5, 0.6) is 11.5 Å². The van der Waals surface area contributed by atoms with Crippen LogP contribution in [0.4, 0.5) is 0 Å². The van der Waals surface area contributed by atoms with Crippen molar-refractivity contribution in [3.05, 3.63) is 94.5 Å². The van der Waals surface area contributed by atoms with Crippen LogP contribution in [0.2, 0.25) is 5.02 Å². The number of hydrogen-bond donors (Lipinski definition) is 2. The number of esters is 1. The van der Waals surface area contributed by atoms with E-state index >= 15 is 0 Å². The zero-order valence-corrected chi connectivity index (χ0v) is 19.0. The van der Waals surface area contributed by atoms with E-state index in [0.29, 0.717) is 28.5 Å². The lowest BCUT2D eigenvalue weighted by Gasteiger charge is -2.11. The summed E-state index contributed by atoms with van der Waals surface area (Å²) in [7, 11) is 0. The van der Waals surface area contributed by atoms with Gasteiger partial charge >= 0.3 is 5.97 Å². The predicted octanol–water partition coefficient (Wildman–Crippen LogP) is 3.84. The minimum Gasteiger partial charge on any atom is -0.490 e. The molecule has 0 radical (unpaired) electrons. The molecule has 2 N–H and O–H groups in total. The lowest BCUT2D eigenvalue weighted by Crippen LogP contribution is -2.35. The number of hydrazone groups is 1. The molecule has 0 fully saturated rings. The smallest absolute Gasteiger partial charge is 0.343 e. The summed E-state index contributed by atoms with van der Waals surface area (Å²) in [6.45, 7) is 1.89. The summed E-state index contributed by atoms with van der Waals surface area (Å²) in [6, 6.07) is 20.0. The third-order valence-corrected chi connectivity index (χ3v) is 4.74. The highest BCUT2D eigenvalue weighted by Crippen LogP contribution is 2.29. The lowest BCUT2D eigenvalue weighted by molar-refractivity contribution is -0.120. The number of rotatable bonds is 9. The van der Waals surface area contributed by atoms with Crippen molar-refractivity contribution in [2.45, 2.75) is 6.92 Å². The highest BCUT2D eigenvalue weighted by molar-refractivity contribution is 6.33. The van der Waals surface area contributed by atoms with Crippen molar-refractivity contribution in [1.82, 2.24) is 10.7 Å². The quantitative estimate of drug-likeness (QED) is 0.210. The maximum absolute atomic E-state index is 12.3. The van der Waals surface area contributed by atoms with E-state index < -0.39 is 17.8 Å². The van der Waals surface area contributed by atoms with Gasteiger partial charge in [-0.25, -0.2) is 10.2 Å². The standard InChI is InChI=1S/C25H22ClN3O5/c1-2-33-22-14-17(12-13-21(22)34-25(32)18-8-4-3-5-9-18)15-28-29-23(30)16-27-24(31)19-10-6-7-11-20(19)26/h3-15H,2,16H2,1H3,(H,27,31)(H,29,30)/b28-15-. The van der Waals surface area contributed by atoms with Crippen molar-refractivity contribution in [3.8, 4) is 11.5 Å². The monoisotopic (exact) mass is 479 g/mol. The Balaban J connectivity index is 1.57. The van der Waals surface area contributed by atoms with Gasteiger partial charge in [-0.3, -0.25) is 9.59 Å². The van der Waals surface area contributed by atoms with Gasteiger partial charge in [0, 0.05) is 0 Å². The van der Waals surface area contributed by atoms with E-state index in [1.54, 1.807) is 73.7 Å². The maximum Gasteiger partial charge on any atom is 0.343 e. The molecule has 0 aliphatic rings. The van der Waals surface area contributed by atoms with Crippen molar-refractivity contribution in [2.75, 3.05) is 13.2 Å². The van der Waals surface area contributed by atoms with Crippen LogP contribution in [0.1, 0.15) is 33.2 Å².